The molecule has 0 amide bonds. The second kappa shape index (κ2) is 5.47. The summed E-state index contributed by atoms with van der Waals surface area (Å²) in [4.78, 5) is 12.4. The van der Waals surface area contributed by atoms with Gasteiger partial charge >= 0.3 is 0 Å². The zero-order valence-corrected chi connectivity index (χ0v) is 12.8. The molecule has 8 heteroatoms. The third kappa shape index (κ3) is 2.46. The number of sulfonamides is 1. The topological polar surface area (TPSA) is 78.8 Å². The number of para-hydroxylation sites is 2. The summed E-state index contributed by atoms with van der Waals surface area (Å²) in [6, 6.07) is 11.9. The summed E-state index contributed by atoms with van der Waals surface area (Å²) in [5, 5.41) is 2.97. The van der Waals surface area contributed by atoms with Gasteiger partial charge in [-0.25, -0.2) is 4.39 Å². The number of nitrogens with one attached hydrogen (secondary N) is 1. The number of hydrazone groups is 1. The van der Waals surface area contributed by atoms with E-state index in [-0.39, 0.29) is 16.9 Å². The van der Waals surface area contributed by atoms with Crippen molar-refractivity contribution in [2.75, 3.05) is 16.8 Å². The third-order valence-electron chi connectivity index (χ3n) is 3.44. The number of hydrogen-bond donors (Lipinski definition) is 1. The normalized spacial score (nSPS) is 17.9. The second-order valence-corrected chi connectivity index (χ2v) is 6.71. The first-order chi connectivity index (χ1) is 10.9. The highest BCUT2D eigenvalue weighted by atomic mass is 32.2. The maximum atomic E-state index is 13.6. The maximum absolute atomic E-state index is 13.6. The number of benzene rings is 2. The Morgan fingerprint density at radius 3 is 2.48 bits per heavy atom. The van der Waals surface area contributed by atoms with E-state index in [2.05, 4.69) is 10.5 Å². The average Bonchev–Trinajstić information content (AvgIpc) is 2.54. The monoisotopic (exact) mass is 333 g/mol. The van der Waals surface area contributed by atoms with Gasteiger partial charge < -0.3 is 0 Å². The summed E-state index contributed by atoms with van der Waals surface area (Å²) in [5.41, 5.74) is 2.78. The van der Waals surface area contributed by atoms with Crippen molar-refractivity contribution in [1.29, 1.82) is 0 Å². The Balaban J connectivity index is 2.07. The van der Waals surface area contributed by atoms with Crippen molar-refractivity contribution in [3.63, 3.8) is 0 Å². The quantitative estimate of drug-likeness (QED) is 0.855. The molecule has 2 aromatic rings. The molecule has 0 fully saturated rings. The molecule has 0 bridgehead atoms. The predicted octanol–water partition coefficient (Wildman–Crippen LogP) is 2.21. The van der Waals surface area contributed by atoms with Crippen LogP contribution in [0.2, 0.25) is 0 Å². The number of nitrogens with zero attached hydrogens (tertiary/aromatic N) is 2. The molecule has 1 heterocycles. The Morgan fingerprint density at radius 2 is 1.74 bits per heavy atom. The van der Waals surface area contributed by atoms with Gasteiger partial charge in [0.25, 0.3) is 10.0 Å². The summed E-state index contributed by atoms with van der Waals surface area (Å²) in [6.45, 7) is 0. The van der Waals surface area contributed by atoms with Crippen LogP contribution in [0.1, 0.15) is 10.4 Å². The summed E-state index contributed by atoms with van der Waals surface area (Å²) < 4.78 is 39.4. The van der Waals surface area contributed by atoms with E-state index in [0.717, 1.165) is 4.31 Å². The first-order valence-electron chi connectivity index (χ1n) is 6.64. The smallest absolute Gasteiger partial charge is 0.286 e. The van der Waals surface area contributed by atoms with E-state index in [4.69, 9.17) is 0 Å². The Bertz CT molecular complexity index is 925. The number of carbonyl (C=O) groups is 1. The van der Waals surface area contributed by atoms with Crippen LogP contribution in [0.15, 0.2) is 53.6 Å². The molecule has 0 radical (unpaired) electrons. The lowest BCUT2D eigenvalue weighted by molar-refractivity contribution is 0.106. The van der Waals surface area contributed by atoms with Crippen LogP contribution in [0.4, 0.5) is 15.8 Å². The maximum Gasteiger partial charge on any atom is 0.287 e. The van der Waals surface area contributed by atoms with Gasteiger partial charge in [0.15, 0.2) is 0 Å². The van der Waals surface area contributed by atoms with Crippen molar-refractivity contribution in [3.8, 4) is 0 Å². The number of fused-ring (bicyclic) bond motifs is 1. The van der Waals surface area contributed by atoms with Gasteiger partial charge in [0, 0.05) is 12.6 Å². The van der Waals surface area contributed by atoms with E-state index < -0.39 is 26.7 Å². The van der Waals surface area contributed by atoms with Crippen molar-refractivity contribution in [2.24, 2.45) is 5.10 Å². The molecule has 1 N–H and O–H groups in total. The van der Waals surface area contributed by atoms with Crippen LogP contribution >= 0.6 is 0 Å². The fourth-order valence-corrected chi connectivity index (χ4v) is 3.39. The lowest BCUT2D eigenvalue weighted by atomic mass is 10.1. The lowest BCUT2D eigenvalue weighted by Crippen LogP contribution is -2.43. The Hall–Kier alpha value is -2.74. The molecule has 3 rings (SSSR count). The highest BCUT2D eigenvalue weighted by Crippen LogP contribution is 2.29. The van der Waals surface area contributed by atoms with Gasteiger partial charge in [-0.3, -0.25) is 14.5 Å². The number of ketones is 1. The molecule has 0 saturated heterocycles. The molecule has 1 aliphatic rings. The van der Waals surface area contributed by atoms with Gasteiger partial charge in [-0.1, -0.05) is 24.3 Å². The first-order valence-corrected chi connectivity index (χ1v) is 8.08. The van der Waals surface area contributed by atoms with Gasteiger partial charge in [-0.15, -0.1) is 0 Å². The molecule has 6 nitrogen and oxygen atoms in total. The van der Waals surface area contributed by atoms with E-state index in [1.165, 1.54) is 37.4 Å². The average molecular weight is 333 g/mol. The van der Waals surface area contributed by atoms with Crippen molar-refractivity contribution in [2.45, 2.75) is 0 Å². The van der Waals surface area contributed by atoms with Gasteiger partial charge in [0.05, 0.1) is 11.4 Å². The molecule has 1 aliphatic heterocycles. The predicted molar refractivity (Wildman–Crippen MR) is 85.6 cm³/mol. The molecule has 0 atom stereocenters. The van der Waals surface area contributed by atoms with Gasteiger partial charge in [-0.05, 0) is 24.3 Å². The molecule has 23 heavy (non-hydrogen) atoms. The van der Waals surface area contributed by atoms with Crippen LogP contribution in [-0.4, -0.2) is 26.3 Å². The molecule has 0 aromatic heterocycles. The Kier molecular flexibility index (Phi) is 3.61. The zero-order valence-electron chi connectivity index (χ0n) is 12.0. The van der Waals surface area contributed by atoms with Gasteiger partial charge in [0.2, 0.25) is 10.8 Å². The molecule has 0 aliphatic carbocycles. The highest BCUT2D eigenvalue weighted by Gasteiger charge is 2.39. The van der Waals surface area contributed by atoms with Gasteiger partial charge in [-0.2, -0.15) is 13.5 Å². The first kappa shape index (κ1) is 15.2. The number of halogens is 1. The van der Waals surface area contributed by atoms with Crippen LogP contribution in [0, 0.1) is 5.82 Å². The van der Waals surface area contributed by atoms with Crippen LogP contribution < -0.4 is 9.73 Å². The van der Waals surface area contributed by atoms with Gasteiger partial charge in [0.1, 0.15) is 5.82 Å². The molecular weight excluding hydrogens is 321 g/mol. The van der Waals surface area contributed by atoms with E-state index >= 15 is 0 Å². The van der Waals surface area contributed by atoms with Crippen LogP contribution in [0.3, 0.4) is 0 Å². The molecule has 0 unspecified atom stereocenters. The SMILES string of the molecule is CN1c2ccccc2C(=O)/C(=N\Nc2ccccc2F)S1(=O)=O. The van der Waals surface area contributed by atoms with Crippen LogP contribution in [0.25, 0.3) is 0 Å². The molecule has 0 saturated carbocycles. The largest absolute Gasteiger partial charge is 0.287 e. The van der Waals surface area contributed by atoms with E-state index in [9.17, 15) is 17.6 Å². The van der Waals surface area contributed by atoms with E-state index in [1.54, 1.807) is 18.2 Å². The summed E-state index contributed by atoms with van der Waals surface area (Å²) in [5.74, 6) is -1.34. The highest BCUT2D eigenvalue weighted by molar-refractivity contribution is 8.09. The number of Topliss-reactive ketones (excluding diaryl/α,β-unsaturated/α-hetero) is 1. The summed E-state index contributed by atoms with van der Waals surface area (Å²) >= 11 is 0. The van der Waals surface area contributed by atoms with Crippen molar-refractivity contribution >= 4 is 32.2 Å². The number of carbonyl (C=O) groups excluding carboxylic acids is 1. The molecule has 0 spiro atoms. The van der Waals surface area contributed by atoms with Crippen molar-refractivity contribution in [1.82, 2.24) is 0 Å². The van der Waals surface area contributed by atoms with Crippen molar-refractivity contribution in [3.05, 3.63) is 59.9 Å². The van der Waals surface area contributed by atoms with E-state index in [0.29, 0.717) is 0 Å². The Morgan fingerprint density at radius 1 is 1.09 bits per heavy atom. The fraction of sp³-hybridized carbons (Fsp3) is 0.0667. The van der Waals surface area contributed by atoms with Crippen LogP contribution in [0.5, 0.6) is 0 Å². The number of hydrogen-bond acceptors (Lipinski definition) is 5. The third-order valence-corrected chi connectivity index (χ3v) is 5.12. The summed E-state index contributed by atoms with van der Waals surface area (Å²) in [7, 11) is -2.77. The van der Waals surface area contributed by atoms with Crippen molar-refractivity contribution < 1.29 is 17.6 Å². The standard InChI is InChI=1S/C15H12FN3O3S/c1-19-13-9-5-2-6-10(13)14(20)15(23(19,21)22)18-17-12-8-4-3-7-11(12)16/h2-9,17H,1H3/b18-15+. The molecule has 118 valence electrons. The van der Waals surface area contributed by atoms with E-state index in [1.807, 2.05) is 0 Å². The minimum absolute atomic E-state index is 0.0236. The lowest BCUT2D eigenvalue weighted by Gasteiger charge is -2.26. The summed E-state index contributed by atoms with van der Waals surface area (Å²) in [6.07, 6.45) is 0. The van der Waals surface area contributed by atoms with Crippen LogP contribution in [-0.2, 0) is 10.0 Å². The minimum Gasteiger partial charge on any atom is -0.286 e. The zero-order chi connectivity index (χ0) is 16.6. The minimum atomic E-state index is -4.10. The number of rotatable bonds is 2. The number of anilines is 2. The molecule has 2 aromatic carbocycles. The molecular formula is C15H12FN3O3S. The Labute approximate surface area is 132 Å². The second-order valence-electron chi connectivity index (χ2n) is 4.83. The fourth-order valence-electron chi connectivity index (χ4n) is 2.20.